The van der Waals surface area contributed by atoms with Gasteiger partial charge in [0.1, 0.15) is 0 Å². The van der Waals surface area contributed by atoms with Crippen molar-refractivity contribution in [2.24, 2.45) is 4.99 Å². The fourth-order valence-corrected chi connectivity index (χ4v) is 5.58. The summed E-state index contributed by atoms with van der Waals surface area (Å²) in [4.78, 5) is 30.1. The average molecular weight is 632 g/mol. The first-order chi connectivity index (χ1) is 18.0. The average Bonchev–Trinajstić information content (AvgIpc) is 3.17. The molecule has 1 aliphatic heterocycles. The van der Waals surface area contributed by atoms with E-state index in [1.807, 2.05) is 0 Å². The summed E-state index contributed by atoms with van der Waals surface area (Å²) < 4.78 is 60.1. The van der Waals surface area contributed by atoms with Crippen molar-refractivity contribution < 1.29 is 32.2 Å². The van der Waals surface area contributed by atoms with E-state index < -0.39 is 35.0 Å². The van der Waals surface area contributed by atoms with Crippen LogP contribution in [0.25, 0.3) is 6.08 Å². The number of nitrogens with zero attached hydrogens (tertiary/aromatic N) is 2. The molecule has 1 aromatic heterocycles. The van der Waals surface area contributed by atoms with Crippen LogP contribution < -0.4 is 24.4 Å². The first-order valence-corrected chi connectivity index (χ1v) is 13.0. The second kappa shape index (κ2) is 11.0. The third kappa shape index (κ3) is 5.25. The maximum atomic E-state index is 14.2. The highest BCUT2D eigenvalue weighted by Gasteiger charge is 2.45. The molecule has 2 heterocycles. The highest BCUT2D eigenvalue weighted by molar-refractivity contribution is 9.10. The molecule has 0 amide bonds. The van der Waals surface area contributed by atoms with E-state index in [0.717, 1.165) is 15.9 Å². The molecular weight excluding hydrogens is 613 g/mol. The van der Waals surface area contributed by atoms with E-state index in [4.69, 9.17) is 25.8 Å². The summed E-state index contributed by atoms with van der Waals surface area (Å²) in [6.45, 7) is 1.30. The van der Waals surface area contributed by atoms with Crippen molar-refractivity contribution in [1.82, 2.24) is 4.57 Å². The molecule has 200 valence electrons. The Morgan fingerprint density at radius 1 is 1.21 bits per heavy atom. The van der Waals surface area contributed by atoms with Gasteiger partial charge < -0.3 is 14.2 Å². The minimum atomic E-state index is -5.00. The van der Waals surface area contributed by atoms with Gasteiger partial charge >= 0.3 is 12.1 Å². The molecule has 0 spiro atoms. The lowest BCUT2D eigenvalue weighted by atomic mass is 9.95. The Morgan fingerprint density at radius 3 is 2.47 bits per heavy atom. The topological polar surface area (TPSA) is 79.1 Å². The Labute approximate surface area is 231 Å². The number of aromatic nitrogens is 1. The van der Waals surface area contributed by atoms with Gasteiger partial charge in [0.25, 0.3) is 5.56 Å². The van der Waals surface area contributed by atoms with Crippen molar-refractivity contribution in [1.29, 1.82) is 0 Å². The summed E-state index contributed by atoms with van der Waals surface area (Å²) in [5.41, 5.74) is -2.21. The standard InChI is InChI=1S/C25H19BrClF3N2O5S/c1-4-37-23(34)18-19(12-5-7-15(27)8-6-12)32-22(33)17(38-24(32)31-21(18)25(28,29)30)10-13-9-14(26)11-16(35-2)20(13)36-3/h5-11,19H,4H2,1-3H3/b17-10-/t19-/m1/s1. The zero-order chi connectivity index (χ0) is 27.8. The molecule has 13 heteroatoms. The molecule has 7 nitrogen and oxygen atoms in total. The lowest BCUT2D eigenvalue weighted by Crippen LogP contribution is -2.41. The number of alkyl halides is 3. The molecule has 1 aliphatic rings. The van der Waals surface area contributed by atoms with E-state index in [0.29, 0.717) is 26.6 Å². The van der Waals surface area contributed by atoms with E-state index in [-0.39, 0.29) is 21.5 Å². The summed E-state index contributed by atoms with van der Waals surface area (Å²) in [6, 6.07) is 7.69. The number of halogens is 5. The number of fused-ring (bicyclic) bond motifs is 1. The highest BCUT2D eigenvalue weighted by Crippen LogP contribution is 2.39. The molecule has 0 N–H and O–H groups in total. The third-order valence-electron chi connectivity index (χ3n) is 5.54. The maximum absolute atomic E-state index is 14.2. The lowest BCUT2D eigenvalue weighted by molar-refractivity contribution is -0.140. The van der Waals surface area contributed by atoms with Crippen LogP contribution in [-0.2, 0) is 9.53 Å². The van der Waals surface area contributed by atoms with Gasteiger partial charge in [-0.05, 0) is 42.8 Å². The van der Waals surface area contributed by atoms with Gasteiger partial charge in [0.05, 0.1) is 37.0 Å². The van der Waals surface area contributed by atoms with Crippen LogP contribution in [0.5, 0.6) is 11.5 Å². The van der Waals surface area contributed by atoms with Crippen LogP contribution in [0.3, 0.4) is 0 Å². The van der Waals surface area contributed by atoms with E-state index in [9.17, 15) is 22.8 Å². The van der Waals surface area contributed by atoms with Crippen molar-refractivity contribution in [2.45, 2.75) is 19.1 Å². The summed E-state index contributed by atoms with van der Waals surface area (Å²) in [6.07, 6.45) is -3.53. The summed E-state index contributed by atoms with van der Waals surface area (Å²) in [5.74, 6) is -0.529. The number of carbonyl (C=O) groups excluding carboxylic acids is 1. The molecule has 3 aromatic rings. The van der Waals surface area contributed by atoms with Crippen molar-refractivity contribution in [3.63, 3.8) is 0 Å². The smallest absolute Gasteiger partial charge is 0.434 e. The monoisotopic (exact) mass is 630 g/mol. The van der Waals surface area contributed by atoms with Gasteiger partial charge in [-0.15, -0.1) is 0 Å². The van der Waals surface area contributed by atoms with Crippen molar-refractivity contribution in [2.75, 3.05) is 20.8 Å². The predicted octanol–water partition coefficient (Wildman–Crippen LogP) is 4.77. The number of hydrogen-bond acceptors (Lipinski definition) is 7. The second-order valence-corrected chi connectivity index (χ2v) is 10.2. The molecule has 0 fully saturated rings. The van der Waals surface area contributed by atoms with Crippen LogP contribution in [-0.4, -0.2) is 37.5 Å². The van der Waals surface area contributed by atoms with Crippen LogP contribution in [0, 0.1) is 0 Å². The molecule has 0 saturated carbocycles. The largest absolute Gasteiger partial charge is 0.493 e. The first kappa shape index (κ1) is 27.9. The normalized spacial score (nSPS) is 15.7. The number of allylic oxidation sites excluding steroid dienone is 1. The van der Waals surface area contributed by atoms with Crippen LogP contribution in [0.4, 0.5) is 13.2 Å². The fourth-order valence-electron chi connectivity index (χ4n) is 4.01. The van der Waals surface area contributed by atoms with Gasteiger partial charge in [0.15, 0.2) is 22.0 Å². The number of methoxy groups -OCH3 is 2. The molecule has 0 saturated heterocycles. The Bertz CT molecular complexity index is 1610. The molecule has 0 bridgehead atoms. The number of benzene rings is 2. The van der Waals surface area contributed by atoms with Gasteiger partial charge in [-0.1, -0.05) is 51.0 Å². The number of rotatable bonds is 6. The zero-order valence-electron chi connectivity index (χ0n) is 20.1. The quantitative estimate of drug-likeness (QED) is 0.366. The molecule has 0 radical (unpaired) electrons. The zero-order valence-corrected chi connectivity index (χ0v) is 23.2. The molecule has 0 aliphatic carbocycles. The van der Waals surface area contributed by atoms with Gasteiger partial charge in [-0.2, -0.15) is 13.2 Å². The second-order valence-electron chi connectivity index (χ2n) is 7.85. The molecule has 1 atom stereocenters. The van der Waals surface area contributed by atoms with Crippen molar-refractivity contribution >= 4 is 50.9 Å². The third-order valence-corrected chi connectivity index (χ3v) is 7.23. The summed E-state index contributed by atoms with van der Waals surface area (Å²) in [5, 5.41) is 0.328. The minimum absolute atomic E-state index is 0.0628. The molecule has 38 heavy (non-hydrogen) atoms. The van der Waals surface area contributed by atoms with Gasteiger partial charge in [-0.25, -0.2) is 9.79 Å². The number of thiazole rings is 1. The van der Waals surface area contributed by atoms with Crippen LogP contribution in [0.1, 0.15) is 24.1 Å². The van der Waals surface area contributed by atoms with Gasteiger partial charge in [0.2, 0.25) is 0 Å². The Balaban J connectivity index is 2.07. The molecule has 4 rings (SSSR count). The van der Waals surface area contributed by atoms with E-state index >= 15 is 0 Å². The van der Waals surface area contributed by atoms with Crippen LogP contribution >= 0.6 is 38.9 Å². The Kier molecular flexibility index (Phi) is 8.05. The van der Waals surface area contributed by atoms with Crippen LogP contribution in [0.15, 0.2) is 61.9 Å². The van der Waals surface area contributed by atoms with E-state index in [2.05, 4.69) is 20.9 Å². The first-order valence-electron chi connectivity index (χ1n) is 11.0. The molecule has 2 aromatic carbocycles. The highest BCUT2D eigenvalue weighted by atomic mass is 79.9. The number of ether oxygens (including phenoxy) is 3. The number of esters is 1. The Hall–Kier alpha value is -3.09. The van der Waals surface area contributed by atoms with Gasteiger partial charge in [0, 0.05) is 15.1 Å². The predicted molar refractivity (Wildman–Crippen MR) is 139 cm³/mol. The van der Waals surface area contributed by atoms with E-state index in [1.54, 1.807) is 12.1 Å². The van der Waals surface area contributed by atoms with E-state index in [1.165, 1.54) is 51.5 Å². The summed E-state index contributed by atoms with van der Waals surface area (Å²) >= 11 is 10.1. The van der Waals surface area contributed by atoms with Crippen molar-refractivity contribution in [3.05, 3.63) is 88.0 Å². The summed E-state index contributed by atoms with van der Waals surface area (Å²) in [7, 11) is 2.87. The number of hydrogen-bond donors (Lipinski definition) is 0. The van der Waals surface area contributed by atoms with Gasteiger partial charge in [-0.3, -0.25) is 9.36 Å². The molecular formula is C25H19BrClF3N2O5S. The number of carbonyl (C=O) groups is 1. The molecule has 0 unspecified atom stereocenters. The van der Waals surface area contributed by atoms with Crippen molar-refractivity contribution in [3.8, 4) is 11.5 Å². The minimum Gasteiger partial charge on any atom is -0.493 e. The maximum Gasteiger partial charge on any atom is 0.434 e. The fraction of sp³-hybridized carbons (Fsp3) is 0.240. The Morgan fingerprint density at radius 2 is 1.89 bits per heavy atom. The SMILES string of the molecule is CCOC(=O)C1=C(C(F)(F)F)N=c2s/c(=C\c3cc(Br)cc(OC)c3OC)c(=O)n2[C@@H]1c1ccc(Cl)cc1. The van der Waals surface area contributed by atoms with Crippen LogP contribution in [0.2, 0.25) is 5.02 Å². The lowest BCUT2D eigenvalue weighted by Gasteiger charge is -2.26.